The molecule has 0 aliphatic carbocycles. The maximum Gasteiger partial charge on any atom is 0.239 e. The molecule has 1 fully saturated rings. The zero-order chi connectivity index (χ0) is 14.5. The van der Waals surface area contributed by atoms with E-state index in [0.29, 0.717) is 5.56 Å². The molecular weight excluding hydrogens is 255 g/mol. The van der Waals surface area contributed by atoms with E-state index < -0.39 is 0 Å². The van der Waals surface area contributed by atoms with Crippen LogP contribution in [0.3, 0.4) is 0 Å². The van der Waals surface area contributed by atoms with Crippen LogP contribution in [0, 0.1) is 5.82 Å². The van der Waals surface area contributed by atoms with Gasteiger partial charge in [-0.3, -0.25) is 10.1 Å². The molecule has 20 heavy (non-hydrogen) atoms. The van der Waals surface area contributed by atoms with Crippen molar-refractivity contribution < 1.29 is 9.18 Å². The van der Waals surface area contributed by atoms with Crippen molar-refractivity contribution in [2.24, 2.45) is 0 Å². The van der Waals surface area contributed by atoms with E-state index in [1.807, 2.05) is 24.8 Å². The smallest absolute Gasteiger partial charge is 0.239 e. The Hall–Kier alpha value is -1.42. The van der Waals surface area contributed by atoms with Gasteiger partial charge in [-0.1, -0.05) is 18.2 Å². The molecule has 1 aromatic carbocycles. The highest BCUT2D eigenvalue weighted by molar-refractivity contribution is 5.81. The van der Waals surface area contributed by atoms with Crippen molar-refractivity contribution in [1.29, 1.82) is 0 Å². The zero-order valence-electron chi connectivity index (χ0n) is 12.2. The van der Waals surface area contributed by atoms with Crippen molar-refractivity contribution in [2.75, 3.05) is 13.1 Å². The summed E-state index contributed by atoms with van der Waals surface area (Å²) < 4.78 is 13.7. The lowest BCUT2D eigenvalue weighted by molar-refractivity contribution is -0.134. The maximum atomic E-state index is 13.7. The first-order valence-corrected chi connectivity index (χ1v) is 7.39. The third-order valence-corrected chi connectivity index (χ3v) is 3.91. The van der Waals surface area contributed by atoms with Gasteiger partial charge in [0.05, 0.1) is 6.04 Å². The largest absolute Gasteiger partial charge is 0.341 e. The lowest BCUT2D eigenvalue weighted by Crippen LogP contribution is -2.47. The monoisotopic (exact) mass is 278 g/mol. The number of nitrogens with one attached hydrogen (secondary N) is 1. The molecule has 0 bridgehead atoms. The van der Waals surface area contributed by atoms with Gasteiger partial charge >= 0.3 is 0 Å². The number of rotatable bonds is 4. The Morgan fingerprint density at radius 2 is 1.85 bits per heavy atom. The summed E-state index contributed by atoms with van der Waals surface area (Å²) in [7, 11) is 0. The predicted molar refractivity (Wildman–Crippen MR) is 77.8 cm³/mol. The first kappa shape index (κ1) is 15.0. The van der Waals surface area contributed by atoms with Crippen molar-refractivity contribution in [3.63, 3.8) is 0 Å². The van der Waals surface area contributed by atoms with Gasteiger partial charge in [-0.05, 0) is 39.2 Å². The molecule has 1 amide bonds. The Balaban J connectivity index is 1.95. The first-order chi connectivity index (χ1) is 9.59. The van der Waals surface area contributed by atoms with Gasteiger partial charge in [0, 0.05) is 24.7 Å². The van der Waals surface area contributed by atoms with E-state index in [1.54, 1.807) is 12.1 Å². The summed E-state index contributed by atoms with van der Waals surface area (Å²) in [5, 5.41) is 3.20. The van der Waals surface area contributed by atoms with Crippen molar-refractivity contribution in [2.45, 2.75) is 45.2 Å². The minimum absolute atomic E-state index is 0.118. The Morgan fingerprint density at radius 3 is 2.50 bits per heavy atom. The molecule has 0 aromatic heterocycles. The van der Waals surface area contributed by atoms with Crippen molar-refractivity contribution >= 4 is 5.91 Å². The number of likely N-dealkylation sites (tertiary alicyclic amines) is 1. The second-order valence-electron chi connectivity index (χ2n) is 5.52. The maximum absolute atomic E-state index is 13.7. The molecule has 3 nitrogen and oxygen atoms in total. The number of nitrogens with zero attached hydrogens (tertiary/aromatic N) is 1. The van der Waals surface area contributed by atoms with Crippen LogP contribution in [-0.2, 0) is 4.79 Å². The number of halogens is 1. The van der Waals surface area contributed by atoms with Crippen LogP contribution in [0.1, 0.15) is 44.7 Å². The van der Waals surface area contributed by atoms with Gasteiger partial charge < -0.3 is 4.90 Å². The lowest BCUT2D eigenvalue weighted by Gasteiger charge is -2.30. The van der Waals surface area contributed by atoms with Gasteiger partial charge in [0.2, 0.25) is 5.91 Å². The summed E-state index contributed by atoms with van der Waals surface area (Å²) in [5.74, 6) is -0.113. The van der Waals surface area contributed by atoms with Crippen LogP contribution < -0.4 is 5.32 Å². The zero-order valence-corrected chi connectivity index (χ0v) is 12.2. The van der Waals surface area contributed by atoms with Gasteiger partial charge in [0.15, 0.2) is 0 Å². The fraction of sp³-hybridized carbons (Fsp3) is 0.562. The topological polar surface area (TPSA) is 32.3 Å². The first-order valence-electron chi connectivity index (χ1n) is 7.39. The average molecular weight is 278 g/mol. The molecule has 0 radical (unpaired) electrons. The van der Waals surface area contributed by atoms with Gasteiger partial charge in [0.25, 0.3) is 0 Å². The average Bonchev–Trinajstić information content (AvgIpc) is 2.47. The summed E-state index contributed by atoms with van der Waals surface area (Å²) in [6.07, 6.45) is 3.37. The summed E-state index contributed by atoms with van der Waals surface area (Å²) in [6.45, 7) is 5.44. The molecule has 1 aliphatic rings. The van der Waals surface area contributed by atoms with Gasteiger partial charge in [-0.2, -0.15) is 0 Å². The molecule has 0 saturated carbocycles. The van der Waals surface area contributed by atoms with Crippen LogP contribution >= 0.6 is 0 Å². The van der Waals surface area contributed by atoms with Gasteiger partial charge in [0.1, 0.15) is 5.82 Å². The van der Waals surface area contributed by atoms with Crippen LogP contribution in [0.5, 0.6) is 0 Å². The van der Waals surface area contributed by atoms with E-state index >= 15 is 0 Å². The van der Waals surface area contributed by atoms with Crippen LogP contribution in [0.4, 0.5) is 4.39 Å². The molecule has 1 saturated heterocycles. The van der Waals surface area contributed by atoms with E-state index in [-0.39, 0.29) is 23.8 Å². The third kappa shape index (κ3) is 3.57. The minimum Gasteiger partial charge on any atom is -0.341 e. The summed E-state index contributed by atoms with van der Waals surface area (Å²) in [6, 6.07) is 6.22. The van der Waals surface area contributed by atoms with E-state index in [4.69, 9.17) is 0 Å². The van der Waals surface area contributed by atoms with Gasteiger partial charge in [-0.15, -0.1) is 0 Å². The Kier molecular flexibility index (Phi) is 5.12. The Bertz CT molecular complexity index is 458. The van der Waals surface area contributed by atoms with Crippen molar-refractivity contribution in [3.05, 3.63) is 35.6 Å². The number of amides is 1. The molecule has 1 aromatic rings. The van der Waals surface area contributed by atoms with Crippen LogP contribution in [-0.4, -0.2) is 29.9 Å². The minimum atomic E-state index is -0.289. The molecule has 2 rings (SSSR count). The number of piperidine rings is 1. The highest BCUT2D eigenvalue weighted by atomic mass is 19.1. The Morgan fingerprint density at radius 1 is 1.20 bits per heavy atom. The van der Waals surface area contributed by atoms with E-state index in [9.17, 15) is 9.18 Å². The van der Waals surface area contributed by atoms with Crippen molar-refractivity contribution in [3.8, 4) is 0 Å². The lowest BCUT2D eigenvalue weighted by atomic mass is 10.1. The Labute approximate surface area is 120 Å². The number of hydrogen-bond acceptors (Lipinski definition) is 2. The number of carbonyl (C=O) groups is 1. The molecule has 1 unspecified atom stereocenters. The van der Waals surface area contributed by atoms with Crippen molar-refractivity contribution in [1.82, 2.24) is 10.2 Å². The second kappa shape index (κ2) is 6.84. The predicted octanol–water partition coefficient (Wildman–Crippen LogP) is 2.88. The SMILES string of the molecule is CC(N[C@H](C)c1ccccc1F)C(=O)N1CCCCC1. The van der Waals surface area contributed by atoms with E-state index in [1.165, 1.54) is 12.5 Å². The van der Waals surface area contributed by atoms with Gasteiger partial charge in [-0.25, -0.2) is 4.39 Å². The van der Waals surface area contributed by atoms with E-state index in [2.05, 4.69) is 5.32 Å². The highest BCUT2D eigenvalue weighted by Crippen LogP contribution is 2.17. The third-order valence-electron chi connectivity index (χ3n) is 3.91. The molecular formula is C16H23FN2O. The normalized spacial score (nSPS) is 18.6. The number of benzene rings is 1. The summed E-state index contributed by atoms with van der Waals surface area (Å²) in [5.41, 5.74) is 0.603. The molecule has 2 atom stereocenters. The standard InChI is InChI=1S/C16H23FN2O/c1-12(14-8-4-5-9-15(14)17)18-13(2)16(20)19-10-6-3-7-11-19/h4-5,8-9,12-13,18H,3,6-7,10-11H2,1-2H3/t12-,13?/m1/s1. The fourth-order valence-electron chi connectivity index (χ4n) is 2.75. The van der Waals surface area contributed by atoms with Crippen LogP contribution in [0.15, 0.2) is 24.3 Å². The fourth-order valence-corrected chi connectivity index (χ4v) is 2.75. The van der Waals surface area contributed by atoms with Crippen LogP contribution in [0.2, 0.25) is 0 Å². The molecule has 4 heteroatoms. The second-order valence-corrected chi connectivity index (χ2v) is 5.52. The molecule has 110 valence electrons. The summed E-state index contributed by atoms with van der Waals surface area (Å²) in [4.78, 5) is 14.2. The number of carbonyl (C=O) groups excluding carboxylic acids is 1. The summed E-state index contributed by atoms with van der Waals surface area (Å²) >= 11 is 0. The molecule has 0 spiro atoms. The molecule has 1 aliphatic heterocycles. The molecule has 1 heterocycles. The highest BCUT2D eigenvalue weighted by Gasteiger charge is 2.23. The van der Waals surface area contributed by atoms with Crippen LogP contribution in [0.25, 0.3) is 0 Å². The number of hydrogen-bond donors (Lipinski definition) is 1. The quantitative estimate of drug-likeness (QED) is 0.918. The van der Waals surface area contributed by atoms with E-state index in [0.717, 1.165) is 25.9 Å². The molecule has 1 N–H and O–H groups in total.